The van der Waals surface area contributed by atoms with E-state index in [-0.39, 0.29) is 11.8 Å². The van der Waals surface area contributed by atoms with Gasteiger partial charge in [0, 0.05) is 6.54 Å². The van der Waals surface area contributed by atoms with Crippen LogP contribution in [0.4, 0.5) is 0 Å². The van der Waals surface area contributed by atoms with Crippen molar-refractivity contribution in [3.63, 3.8) is 0 Å². The summed E-state index contributed by atoms with van der Waals surface area (Å²) in [5.41, 5.74) is 3.56. The zero-order valence-electron chi connectivity index (χ0n) is 19.8. The van der Waals surface area contributed by atoms with Gasteiger partial charge in [0.25, 0.3) is 11.8 Å². The molecule has 0 saturated carbocycles. The minimum Gasteiger partial charge on any atom is -0.436 e. The molecule has 4 aromatic rings. The third-order valence-corrected chi connectivity index (χ3v) is 5.60. The van der Waals surface area contributed by atoms with Crippen molar-refractivity contribution in [1.82, 2.24) is 20.3 Å². The molecule has 6 nitrogen and oxygen atoms in total. The number of aryl methyl sites for hydroxylation is 2. The fraction of sp³-hybridized carbons (Fsp3) is 0.296. The number of hydrogen-bond donors (Lipinski definition) is 1. The first-order valence-corrected chi connectivity index (χ1v) is 11.2. The second-order valence-electron chi connectivity index (χ2n) is 9.37. The van der Waals surface area contributed by atoms with Gasteiger partial charge in [-0.3, -0.25) is 4.79 Å². The van der Waals surface area contributed by atoms with Crippen LogP contribution < -0.4 is 10.1 Å². The van der Waals surface area contributed by atoms with Gasteiger partial charge in [0.05, 0.1) is 5.54 Å². The van der Waals surface area contributed by atoms with E-state index in [1.165, 1.54) is 16.7 Å². The molecule has 0 bridgehead atoms. The lowest BCUT2D eigenvalue weighted by atomic mass is 10.0. The Bertz CT molecular complexity index is 1300. The van der Waals surface area contributed by atoms with Gasteiger partial charge in [0.2, 0.25) is 0 Å². The molecule has 0 spiro atoms. The number of ether oxygens (including phenoxy) is 1. The molecule has 3 aromatic carbocycles. The van der Waals surface area contributed by atoms with Crippen molar-refractivity contribution < 1.29 is 9.53 Å². The summed E-state index contributed by atoms with van der Waals surface area (Å²) in [4.78, 5) is 13.2. The van der Waals surface area contributed by atoms with E-state index in [1.807, 2.05) is 63.2 Å². The molecule has 170 valence electrons. The second kappa shape index (κ2) is 9.06. The Balaban J connectivity index is 1.56. The topological polar surface area (TPSA) is 69.0 Å². The molecular weight excluding hydrogens is 412 g/mol. The molecule has 0 aliphatic heterocycles. The molecule has 0 aliphatic rings. The molecule has 33 heavy (non-hydrogen) atoms. The molecule has 0 atom stereocenters. The summed E-state index contributed by atoms with van der Waals surface area (Å²) in [6, 6.07) is 20.2. The van der Waals surface area contributed by atoms with Gasteiger partial charge >= 0.3 is 0 Å². The molecule has 0 fully saturated rings. The number of carbonyl (C=O) groups excluding carboxylic acids is 1. The van der Waals surface area contributed by atoms with Crippen LogP contribution >= 0.6 is 0 Å². The van der Waals surface area contributed by atoms with Crippen molar-refractivity contribution in [2.75, 3.05) is 6.54 Å². The van der Waals surface area contributed by atoms with Crippen molar-refractivity contribution in [1.29, 1.82) is 0 Å². The first-order valence-electron chi connectivity index (χ1n) is 11.2. The van der Waals surface area contributed by atoms with Gasteiger partial charge in [-0.25, -0.2) is 4.68 Å². The first kappa shape index (κ1) is 22.5. The molecule has 1 aromatic heterocycles. The van der Waals surface area contributed by atoms with Crippen LogP contribution in [0.15, 0.2) is 60.7 Å². The van der Waals surface area contributed by atoms with Crippen LogP contribution in [-0.4, -0.2) is 27.4 Å². The second-order valence-corrected chi connectivity index (χ2v) is 9.37. The molecule has 0 radical (unpaired) electrons. The van der Waals surface area contributed by atoms with E-state index in [4.69, 9.17) is 4.74 Å². The maximum atomic E-state index is 13.2. The maximum Gasteiger partial charge on any atom is 0.275 e. The zero-order valence-corrected chi connectivity index (χ0v) is 19.8. The van der Waals surface area contributed by atoms with Gasteiger partial charge in [-0.2, -0.15) is 0 Å². The van der Waals surface area contributed by atoms with Crippen molar-refractivity contribution in [3.05, 3.63) is 83.0 Å². The monoisotopic (exact) mass is 442 g/mol. The predicted octanol–water partition coefficient (Wildman–Crippen LogP) is 5.57. The summed E-state index contributed by atoms with van der Waals surface area (Å²) < 4.78 is 7.68. The number of fused-ring (bicyclic) bond motifs is 1. The highest BCUT2D eigenvalue weighted by Crippen LogP contribution is 2.29. The molecular formula is C27H30N4O2. The van der Waals surface area contributed by atoms with E-state index in [2.05, 4.69) is 47.7 Å². The minimum atomic E-state index is -0.432. The SMILES string of the molecule is Cc1ccc(CCNC(=O)c2c(Oc3ccc4ccccc4c3)nnn2C(C)(C)C)c(C)c1. The number of rotatable bonds is 6. The summed E-state index contributed by atoms with van der Waals surface area (Å²) in [7, 11) is 0. The summed E-state index contributed by atoms with van der Waals surface area (Å²) in [5.74, 6) is 0.554. The highest BCUT2D eigenvalue weighted by Gasteiger charge is 2.28. The highest BCUT2D eigenvalue weighted by atomic mass is 16.5. The van der Waals surface area contributed by atoms with Crippen molar-refractivity contribution in [2.45, 2.75) is 46.6 Å². The van der Waals surface area contributed by atoms with Crippen molar-refractivity contribution in [2.24, 2.45) is 0 Å². The van der Waals surface area contributed by atoms with Gasteiger partial charge in [0.15, 0.2) is 5.69 Å². The van der Waals surface area contributed by atoms with Crippen LogP contribution in [0.5, 0.6) is 11.6 Å². The average molecular weight is 443 g/mol. The Labute approximate surface area is 194 Å². The quantitative estimate of drug-likeness (QED) is 0.424. The molecule has 0 saturated heterocycles. The number of benzene rings is 3. The Morgan fingerprint density at radius 2 is 1.76 bits per heavy atom. The summed E-state index contributed by atoms with van der Waals surface area (Å²) in [5, 5.41) is 13.6. The predicted molar refractivity (Wildman–Crippen MR) is 131 cm³/mol. The standard InChI is InChI=1S/C27H30N4O2/c1-18-10-11-20(19(2)16-18)14-15-28-25(32)24-26(29-30-31(24)27(3,4)5)33-23-13-12-21-8-6-7-9-22(21)17-23/h6-13,16-17H,14-15H2,1-5H3,(H,28,32). The molecule has 1 heterocycles. The van der Waals surface area contributed by atoms with Gasteiger partial charge in [-0.1, -0.05) is 64.4 Å². The molecule has 6 heteroatoms. The Morgan fingerprint density at radius 3 is 2.48 bits per heavy atom. The molecule has 1 N–H and O–H groups in total. The minimum absolute atomic E-state index is 0.198. The van der Waals surface area contributed by atoms with Gasteiger partial charge < -0.3 is 10.1 Å². The number of hydrogen-bond acceptors (Lipinski definition) is 4. The number of amides is 1. The fourth-order valence-electron chi connectivity index (χ4n) is 3.86. The molecule has 4 rings (SSSR count). The molecule has 1 amide bonds. The summed E-state index contributed by atoms with van der Waals surface area (Å²) >= 11 is 0. The largest absolute Gasteiger partial charge is 0.436 e. The number of nitrogens with one attached hydrogen (secondary N) is 1. The van der Waals surface area contributed by atoms with E-state index in [0.717, 1.165) is 17.2 Å². The van der Waals surface area contributed by atoms with Crippen molar-refractivity contribution in [3.8, 4) is 11.6 Å². The van der Waals surface area contributed by atoms with Crippen LogP contribution in [0.1, 0.15) is 48.0 Å². The smallest absolute Gasteiger partial charge is 0.275 e. The highest BCUT2D eigenvalue weighted by molar-refractivity contribution is 5.95. The van der Waals surface area contributed by atoms with Crippen LogP contribution in [0, 0.1) is 13.8 Å². The van der Waals surface area contributed by atoms with Crippen LogP contribution in [0.2, 0.25) is 0 Å². The zero-order chi connectivity index (χ0) is 23.6. The van der Waals surface area contributed by atoms with E-state index in [0.29, 0.717) is 18.0 Å². The third kappa shape index (κ3) is 5.06. The van der Waals surface area contributed by atoms with Crippen molar-refractivity contribution >= 4 is 16.7 Å². The fourth-order valence-corrected chi connectivity index (χ4v) is 3.86. The first-order chi connectivity index (χ1) is 15.7. The van der Waals surface area contributed by atoms with E-state index in [1.54, 1.807) is 4.68 Å². The van der Waals surface area contributed by atoms with E-state index >= 15 is 0 Å². The lowest BCUT2D eigenvalue weighted by molar-refractivity contribution is 0.0933. The van der Waals surface area contributed by atoms with E-state index < -0.39 is 5.54 Å². The van der Waals surface area contributed by atoms with Gasteiger partial charge in [0.1, 0.15) is 5.75 Å². The Hall–Kier alpha value is -3.67. The maximum absolute atomic E-state index is 13.2. The van der Waals surface area contributed by atoms with E-state index in [9.17, 15) is 4.79 Å². The lowest BCUT2D eigenvalue weighted by Gasteiger charge is -2.21. The Morgan fingerprint density at radius 1 is 1.00 bits per heavy atom. The third-order valence-electron chi connectivity index (χ3n) is 5.60. The average Bonchev–Trinajstić information content (AvgIpc) is 3.19. The molecule has 0 unspecified atom stereocenters. The Kier molecular flexibility index (Phi) is 6.18. The lowest BCUT2D eigenvalue weighted by Crippen LogP contribution is -2.33. The molecule has 0 aliphatic carbocycles. The number of nitrogens with zero attached hydrogens (tertiary/aromatic N) is 3. The number of aromatic nitrogens is 3. The summed E-state index contributed by atoms with van der Waals surface area (Å²) in [6.45, 7) is 10.6. The van der Waals surface area contributed by atoms with Crippen LogP contribution in [0.3, 0.4) is 0 Å². The van der Waals surface area contributed by atoms with Gasteiger partial charge in [-0.15, -0.1) is 0 Å². The van der Waals surface area contributed by atoms with Crippen LogP contribution in [-0.2, 0) is 12.0 Å². The van der Waals surface area contributed by atoms with Crippen LogP contribution in [0.25, 0.3) is 10.8 Å². The normalized spacial score (nSPS) is 11.5. The summed E-state index contributed by atoms with van der Waals surface area (Å²) in [6.07, 6.45) is 0.746. The van der Waals surface area contributed by atoms with Gasteiger partial charge in [-0.05, 0) is 75.1 Å². The number of carbonyl (C=O) groups is 1.